The van der Waals surface area contributed by atoms with Crippen LogP contribution in [-0.2, 0) is 14.4 Å². The third-order valence-electron chi connectivity index (χ3n) is 5.14. The molecule has 2 atom stereocenters. The Hall–Kier alpha value is -1.39. The van der Waals surface area contributed by atoms with Gasteiger partial charge in [-0.15, -0.1) is 0 Å². The van der Waals surface area contributed by atoms with Crippen molar-refractivity contribution in [3.8, 4) is 0 Å². The molecule has 3 rings (SSSR count). The zero-order valence-corrected chi connectivity index (χ0v) is 12.6. The number of amides is 3. The van der Waals surface area contributed by atoms with Crippen molar-refractivity contribution in [2.45, 2.75) is 51.4 Å². The molecular weight excluding hydrogens is 268 g/mol. The average molecular weight is 292 g/mol. The third kappa shape index (κ3) is 3.27. The van der Waals surface area contributed by atoms with Crippen LogP contribution < -0.4 is 0 Å². The van der Waals surface area contributed by atoms with Gasteiger partial charge in [-0.05, 0) is 37.5 Å². The zero-order chi connectivity index (χ0) is 14.8. The number of hydrogen-bond acceptors (Lipinski definition) is 3. The number of nitrogens with zero attached hydrogens (tertiary/aromatic N) is 2. The summed E-state index contributed by atoms with van der Waals surface area (Å²) in [6.07, 6.45) is 6.92. The molecule has 3 aliphatic rings. The SMILES string of the molecule is O=C1CCCN1CC1CCCC(CN2C(=O)CCC2=O)C1. The lowest BCUT2D eigenvalue weighted by Gasteiger charge is -2.33. The van der Waals surface area contributed by atoms with Crippen LogP contribution in [0, 0.1) is 11.8 Å². The van der Waals surface area contributed by atoms with Gasteiger partial charge in [-0.3, -0.25) is 19.3 Å². The molecular formula is C16H24N2O3. The third-order valence-corrected chi connectivity index (χ3v) is 5.14. The Labute approximate surface area is 125 Å². The van der Waals surface area contributed by atoms with Gasteiger partial charge in [0.2, 0.25) is 17.7 Å². The van der Waals surface area contributed by atoms with Crippen LogP contribution in [0.1, 0.15) is 51.4 Å². The molecule has 1 saturated carbocycles. The highest BCUT2D eigenvalue weighted by molar-refractivity contribution is 6.01. The molecule has 0 aromatic carbocycles. The van der Waals surface area contributed by atoms with Crippen molar-refractivity contribution in [1.29, 1.82) is 0 Å². The van der Waals surface area contributed by atoms with E-state index < -0.39 is 0 Å². The van der Waals surface area contributed by atoms with Gasteiger partial charge in [0.1, 0.15) is 0 Å². The molecule has 0 bridgehead atoms. The van der Waals surface area contributed by atoms with Crippen molar-refractivity contribution >= 4 is 17.7 Å². The maximum Gasteiger partial charge on any atom is 0.229 e. The minimum atomic E-state index is -0.00292. The molecule has 0 spiro atoms. The summed E-state index contributed by atoms with van der Waals surface area (Å²) in [5.41, 5.74) is 0. The van der Waals surface area contributed by atoms with E-state index in [-0.39, 0.29) is 11.8 Å². The van der Waals surface area contributed by atoms with Gasteiger partial charge in [0, 0.05) is 38.9 Å². The van der Waals surface area contributed by atoms with Gasteiger partial charge in [0.15, 0.2) is 0 Å². The van der Waals surface area contributed by atoms with Gasteiger partial charge in [-0.1, -0.05) is 6.42 Å². The Morgan fingerprint density at radius 1 is 0.810 bits per heavy atom. The molecule has 3 amide bonds. The lowest BCUT2D eigenvalue weighted by atomic mass is 9.81. The second-order valence-corrected chi connectivity index (χ2v) is 6.74. The van der Waals surface area contributed by atoms with Crippen molar-refractivity contribution < 1.29 is 14.4 Å². The minimum absolute atomic E-state index is 0.00292. The Kier molecular flexibility index (Phi) is 4.27. The van der Waals surface area contributed by atoms with Crippen molar-refractivity contribution in [3.05, 3.63) is 0 Å². The fraction of sp³-hybridized carbons (Fsp3) is 0.812. The smallest absolute Gasteiger partial charge is 0.229 e. The van der Waals surface area contributed by atoms with Gasteiger partial charge in [-0.25, -0.2) is 0 Å². The molecule has 2 aliphatic heterocycles. The van der Waals surface area contributed by atoms with Gasteiger partial charge in [0.05, 0.1) is 0 Å². The molecule has 5 heteroatoms. The van der Waals surface area contributed by atoms with Crippen molar-refractivity contribution in [3.63, 3.8) is 0 Å². The van der Waals surface area contributed by atoms with Crippen LogP contribution in [0.5, 0.6) is 0 Å². The van der Waals surface area contributed by atoms with Gasteiger partial charge < -0.3 is 4.90 Å². The molecule has 1 aliphatic carbocycles. The minimum Gasteiger partial charge on any atom is -0.342 e. The predicted octanol–water partition coefficient (Wildman–Crippen LogP) is 1.56. The normalized spacial score (nSPS) is 30.6. The fourth-order valence-corrected chi connectivity index (χ4v) is 4.03. The standard InChI is InChI=1S/C16H24N2O3/c19-14-5-2-8-17(14)10-12-3-1-4-13(9-12)11-18-15(20)6-7-16(18)21/h12-13H,1-11H2. The molecule has 116 valence electrons. The highest BCUT2D eigenvalue weighted by atomic mass is 16.2. The predicted molar refractivity (Wildman–Crippen MR) is 77.2 cm³/mol. The Balaban J connectivity index is 1.52. The van der Waals surface area contributed by atoms with Crippen LogP contribution in [-0.4, -0.2) is 47.2 Å². The van der Waals surface area contributed by atoms with Crippen LogP contribution in [0.4, 0.5) is 0 Å². The zero-order valence-electron chi connectivity index (χ0n) is 12.6. The number of carbonyl (C=O) groups excluding carboxylic acids is 3. The lowest BCUT2D eigenvalue weighted by molar-refractivity contribution is -0.139. The van der Waals surface area contributed by atoms with Crippen LogP contribution in [0.15, 0.2) is 0 Å². The number of imide groups is 1. The average Bonchev–Trinajstić information content (AvgIpc) is 3.00. The summed E-state index contributed by atoms with van der Waals surface area (Å²) >= 11 is 0. The van der Waals surface area contributed by atoms with Crippen LogP contribution in [0.3, 0.4) is 0 Å². The largest absolute Gasteiger partial charge is 0.342 e. The monoisotopic (exact) mass is 292 g/mol. The van der Waals surface area contributed by atoms with Crippen molar-refractivity contribution in [1.82, 2.24) is 9.80 Å². The summed E-state index contributed by atoms with van der Waals surface area (Å²) in [7, 11) is 0. The topological polar surface area (TPSA) is 57.7 Å². The van der Waals surface area contributed by atoms with E-state index in [1.54, 1.807) is 0 Å². The summed E-state index contributed by atoms with van der Waals surface area (Å²) in [4.78, 5) is 38.6. The van der Waals surface area contributed by atoms with E-state index in [4.69, 9.17) is 0 Å². The van der Waals surface area contributed by atoms with Crippen LogP contribution >= 0.6 is 0 Å². The first-order chi connectivity index (χ1) is 10.1. The molecule has 5 nitrogen and oxygen atoms in total. The van der Waals surface area contributed by atoms with E-state index >= 15 is 0 Å². The number of likely N-dealkylation sites (tertiary alicyclic amines) is 2. The molecule has 2 unspecified atom stereocenters. The second kappa shape index (κ2) is 6.16. The van der Waals surface area contributed by atoms with Gasteiger partial charge in [0.25, 0.3) is 0 Å². The molecule has 0 aromatic rings. The Morgan fingerprint density at radius 3 is 2.10 bits per heavy atom. The lowest BCUT2D eigenvalue weighted by Crippen LogP contribution is -2.38. The van der Waals surface area contributed by atoms with Crippen LogP contribution in [0.25, 0.3) is 0 Å². The van der Waals surface area contributed by atoms with Crippen molar-refractivity contribution in [2.75, 3.05) is 19.6 Å². The van der Waals surface area contributed by atoms with Gasteiger partial charge >= 0.3 is 0 Å². The summed E-state index contributed by atoms with van der Waals surface area (Å²) < 4.78 is 0. The van der Waals surface area contributed by atoms with Gasteiger partial charge in [-0.2, -0.15) is 0 Å². The maximum absolute atomic E-state index is 11.7. The van der Waals surface area contributed by atoms with E-state index in [9.17, 15) is 14.4 Å². The first kappa shape index (κ1) is 14.5. The Bertz CT molecular complexity index is 433. The molecule has 2 saturated heterocycles. The Morgan fingerprint density at radius 2 is 1.48 bits per heavy atom. The molecule has 3 fully saturated rings. The van der Waals surface area contributed by atoms with E-state index in [1.807, 2.05) is 4.90 Å². The summed E-state index contributed by atoms with van der Waals surface area (Å²) in [6, 6.07) is 0. The maximum atomic E-state index is 11.7. The number of hydrogen-bond donors (Lipinski definition) is 0. The molecule has 2 heterocycles. The van der Waals surface area contributed by atoms with E-state index in [0.717, 1.165) is 38.8 Å². The molecule has 0 radical (unpaired) electrons. The van der Waals surface area contributed by atoms with E-state index in [0.29, 0.717) is 43.6 Å². The number of carbonyl (C=O) groups is 3. The first-order valence-corrected chi connectivity index (χ1v) is 8.24. The molecule has 21 heavy (non-hydrogen) atoms. The highest BCUT2D eigenvalue weighted by Crippen LogP contribution is 2.32. The number of rotatable bonds is 4. The van der Waals surface area contributed by atoms with E-state index in [2.05, 4.69) is 0 Å². The first-order valence-electron chi connectivity index (χ1n) is 8.24. The summed E-state index contributed by atoms with van der Waals surface area (Å²) in [5.74, 6) is 1.25. The molecule has 0 aromatic heterocycles. The highest BCUT2D eigenvalue weighted by Gasteiger charge is 2.33. The summed E-state index contributed by atoms with van der Waals surface area (Å²) in [5, 5.41) is 0. The van der Waals surface area contributed by atoms with Crippen molar-refractivity contribution in [2.24, 2.45) is 11.8 Å². The fourth-order valence-electron chi connectivity index (χ4n) is 4.03. The quantitative estimate of drug-likeness (QED) is 0.739. The second-order valence-electron chi connectivity index (χ2n) is 6.74. The summed E-state index contributed by atoms with van der Waals surface area (Å²) in [6.45, 7) is 2.38. The molecule has 0 N–H and O–H groups in total. The van der Waals surface area contributed by atoms with E-state index in [1.165, 1.54) is 11.3 Å². The van der Waals surface area contributed by atoms with Crippen LogP contribution in [0.2, 0.25) is 0 Å².